The van der Waals surface area contributed by atoms with E-state index in [0.717, 1.165) is 19.6 Å². The van der Waals surface area contributed by atoms with Gasteiger partial charge >= 0.3 is 0 Å². The number of rotatable bonds is 1. The van der Waals surface area contributed by atoms with Gasteiger partial charge in [0.25, 0.3) is 0 Å². The monoisotopic (exact) mass is 198 g/mol. The number of likely N-dealkylation sites (tertiary alicyclic amines) is 1. The summed E-state index contributed by atoms with van der Waals surface area (Å²) < 4.78 is 5.54. The van der Waals surface area contributed by atoms with E-state index in [9.17, 15) is 0 Å². The normalized spacial score (nSPS) is 38.8. The lowest BCUT2D eigenvalue weighted by Gasteiger charge is -2.43. The van der Waals surface area contributed by atoms with Gasteiger partial charge in [-0.2, -0.15) is 0 Å². The minimum absolute atomic E-state index is 0.307. The van der Waals surface area contributed by atoms with Gasteiger partial charge in [-0.3, -0.25) is 4.90 Å². The Hall–Kier alpha value is -0.120. The van der Waals surface area contributed by atoms with Crippen LogP contribution in [0.3, 0.4) is 0 Å². The molecule has 2 unspecified atom stereocenters. The third-order valence-electron chi connectivity index (χ3n) is 3.74. The van der Waals surface area contributed by atoms with Gasteiger partial charge in [-0.15, -0.1) is 0 Å². The Morgan fingerprint density at radius 3 is 2.79 bits per heavy atom. The molecule has 14 heavy (non-hydrogen) atoms. The van der Waals surface area contributed by atoms with Gasteiger partial charge in [0.05, 0.1) is 6.61 Å². The molecule has 0 amide bonds. The van der Waals surface area contributed by atoms with Crippen LogP contribution in [0.25, 0.3) is 0 Å². The van der Waals surface area contributed by atoms with Gasteiger partial charge in [0.15, 0.2) is 0 Å². The van der Waals surface area contributed by atoms with Crippen molar-refractivity contribution in [3.8, 4) is 0 Å². The predicted molar refractivity (Wildman–Crippen MR) is 57.2 cm³/mol. The molecule has 3 heteroatoms. The molecule has 0 bridgehead atoms. The first kappa shape index (κ1) is 10.4. The largest absolute Gasteiger partial charge is 0.380 e. The van der Waals surface area contributed by atoms with Crippen LogP contribution in [-0.4, -0.2) is 42.3 Å². The molecule has 2 aliphatic heterocycles. The van der Waals surface area contributed by atoms with Crippen LogP contribution in [0.1, 0.15) is 33.1 Å². The van der Waals surface area contributed by atoms with Crippen LogP contribution >= 0.6 is 0 Å². The summed E-state index contributed by atoms with van der Waals surface area (Å²) in [6.07, 6.45) is 3.60. The first-order chi connectivity index (χ1) is 6.61. The van der Waals surface area contributed by atoms with Crippen LogP contribution < -0.4 is 5.73 Å². The van der Waals surface area contributed by atoms with Gasteiger partial charge in [0, 0.05) is 24.2 Å². The molecule has 0 aliphatic carbocycles. The zero-order valence-corrected chi connectivity index (χ0v) is 9.33. The van der Waals surface area contributed by atoms with Crippen LogP contribution in [0.15, 0.2) is 0 Å². The Bertz CT molecular complexity index is 205. The second kappa shape index (κ2) is 3.80. The Balaban J connectivity index is 2.05. The molecule has 0 radical (unpaired) electrons. The minimum Gasteiger partial charge on any atom is -0.380 e. The van der Waals surface area contributed by atoms with Crippen molar-refractivity contribution in [3.63, 3.8) is 0 Å². The molecule has 0 aromatic rings. The van der Waals surface area contributed by atoms with Gasteiger partial charge < -0.3 is 10.5 Å². The zero-order chi connectivity index (χ0) is 10.2. The van der Waals surface area contributed by atoms with Crippen LogP contribution in [0.5, 0.6) is 0 Å². The summed E-state index contributed by atoms with van der Waals surface area (Å²) in [5, 5.41) is 0. The zero-order valence-electron chi connectivity index (χ0n) is 9.33. The van der Waals surface area contributed by atoms with Crippen molar-refractivity contribution in [2.75, 3.05) is 19.8 Å². The lowest BCUT2D eigenvalue weighted by Crippen LogP contribution is -2.57. The van der Waals surface area contributed by atoms with Crippen molar-refractivity contribution in [1.82, 2.24) is 4.90 Å². The minimum atomic E-state index is 0.307. The summed E-state index contributed by atoms with van der Waals surface area (Å²) in [5.74, 6) is 0. The molecule has 2 rings (SSSR count). The molecule has 2 aliphatic rings. The fourth-order valence-electron chi connectivity index (χ4n) is 2.80. The van der Waals surface area contributed by atoms with Gasteiger partial charge in [-0.05, 0) is 39.7 Å². The second-order valence-electron chi connectivity index (χ2n) is 5.20. The van der Waals surface area contributed by atoms with E-state index in [1.165, 1.54) is 19.4 Å². The Morgan fingerprint density at radius 1 is 1.43 bits per heavy atom. The number of hydrogen-bond acceptors (Lipinski definition) is 3. The smallest absolute Gasteiger partial charge is 0.0637 e. The fraction of sp³-hybridized carbons (Fsp3) is 1.00. The standard InChI is InChI=1S/C11H22N2O/c1-11(2)5-3-6-13(11)10-8-14-7-4-9(10)12/h9-10H,3-8,12H2,1-2H3. The van der Waals surface area contributed by atoms with Crippen molar-refractivity contribution >= 4 is 0 Å². The molecule has 2 atom stereocenters. The maximum absolute atomic E-state index is 6.16. The van der Waals surface area contributed by atoms with E-state index in [1.54, 1.807) is 0 Å². The van der Waals surface area contributed by atoms with E-state index in [2.05, 4.69) is 18.7 Å². The molecule has 2 N–H and O–H groups in total. The lowest BCUT2D eigenvalue weighted by molar-refractivity contribution is -0.0167. The SMILES string of the molecule is CC1(C)CCCN1C1COCCC1N. The van der Waals surface area contributed by atoms with E-state index in [4.69, 9.17) is 10.5 Å². The molecule has 0 aromatic carbocycles. The van der Waals surface area contributed by atoms with Crippen molar-refractivity contribution < 1.29 is 4.74 Å². The van der Waals surface area contributed by atoms with Crippen molar-refractivity contribution in [2.24, 2.45) is 5.73 Å². The van der Waals surface area contributed by atoms with Crippen LogP contribution in [0.2, 0.25) is 0 Å². The Labute approximate surface area is 86.6 Å². The summed E-state index contributed by atoms with van der Waals surface area (Å²) >= 11 is 0. The van der Waals surface area contributed by atoms with Crippen molar-refractivity contribution in [3.05, 3.63) is 0 Å². The highest BCUT2D eigenvalue weighted by Crippen LogP contribution is 2.32. The average molecular weight is 198 g/mol. The summed E-state index contributed by atoms with van der Waals surface area (Å²) in [7, 11) is 0. The molecule has 3 nitrogen and oxygen atoms in total. The molecule has 0 saturated carbocycles. The lowest BCUT2D eigenvalue weighted by atomic mass is 9.96. The van der Waals surface area contributed by atoms with E-state index >= 15 is 0 Å². The Morgan fingerprint density at radius 2 is 2.21 bits per heavy atom. The van der Waals surface area contributed by atoms with E-state index in [0.29, 0.717) is 17.6 Å². The van der Waals surface area contributed by atoms with Gasteiger partial charge in [-0.1, -0.05) is 0 Å². The third kappa shape index (κ3) is 1.81. The number of nitrogens with two attached hydrogens (primary N) is 1. The molecular formula is C11H22N2O. The molecule has 82 valence electrons. The van der Waals surface area contributed by atoms with Crippen LogP contribution in [-0.2, 0) is 4.74 Å². The van der Waals surface area contributed by atoms with Crippen LogP contribution in [0.4, 0.5) is 0 Å². The Kier molecular flexibility index (Phi) is 2.82. The molecule has 0 aromatic heterocycles. The van der Waals surface area contributed by atoms with E-state index in [1.807, 2.05) is 0 Å². The number of hydrogen-bond donors (Lipinski definition) is 1. The maximum atomic E-state index is 6.16. The fourth-order valence-corrected chi connectivity index (χ4v) is 2.80. The molecule has 2 fully saturated rings. The summed E-state index contributed by atoms with van der Waals surface area (Å²) in [5.41, 5.74) is 6.48. The highest BCUT2D eigenvalue weighted by Gasteiger charge is 2.39. The maximum Gasteiger partial charge on any atom is 0.0637 e. The molecule has 0 spiro atoms. The van der Waals surface area contributed by atoms with E-state index < -0.39 is 0 Å². The quantitative estimate of drug-likeness (QED) is 0.682. The highest BCUT2D eigenvalue weighted by molar-refractivity contribution is 4.96. The van der Waals surface area contributed by atoms with Crippen LogP contribution in [0, 0.1) is 0 Å². The topological polar surface area (TPSA) is 38.5 Å². The van der Waals surface area contributed by atoms with Crippen molar-refractivity contribution in [2.45, 2.75) is 50.7 Å². The van der Waals surface area contributed by atoms with Gasteiger partial charge in [0.1, 0.15) is 0 Å². The number of nitrogens with zero attached hydrogens (tertiary/aromatic N) is 1. The van der Waals surface area contributed by atoms with Gasteiger partial charge in [-0.25, -0.2) is 0 Å². The van der Waals surface area contributed by atoms with E-state index in [-0.39, 0.29) is 0 Å². The number of ether oxygens (including phenoxy) is 1. The second-order valence-corrected chi connectivity index (χ2v) is 5.20. The van der Waals surface area contributed by atoms with Crippen molar-refractivity contribution in [1.29, 1.82) is 0 Å². The van der Waals surface area contributed by atoms with Gasteiger partial charge in [0.2, 0.25) is 0 Å². The summed E-state index contributed by atoms with van der Waals surface area (Å²) in [6.45, 7) is 7.49. The summed E-state index contributed by atoms with van der Waals surface area (Å²) in [6, 6.07) is 0.752. The molecule has 2 saturated heterocycles. The molecule has 2 heterocycles. The first-order valence-electron chi connectivity index (χ1n) is 5.71. The summed E-state index contributed by atoms with van der Waals surface area (Å²) in [4.78, 5) is 2.55. The first-order valence-corrected chi connectivity index (χ1v) is 5.71. The molecular weight excluding hydrogens is 176 g/mol. The third-order valence-corrected chi connectivity index (χ3v) is 3.74. The highest BCUT2D eigenvalue weighted by atomic mass is 16.5. The average Bonchev–Trinajstić information content (AvgIpc) is 2.46. The predicted octanol–water partition coefficient (Wildman–Crippen LogP) is 0.977.